The van der Waals surface area contributed by atoms with Gasteiger partial charge >= 0.3 is 6.18 Å². The lowest BCUT2D eigenvalue weighted by Gasteiger charge is -2.54. The van der Waals surface area contributed by atoms with Crippen LogP contribution in [0, 0.1) is 5.41 Å². The van der Waals surface area contributed by atoms with Gasteiger partial charge in [-0.15, -0.1) is 0 Å². The highest BCUT2D eigenvalue weighted by molar-refractivity contribution is 7.91. The normalized spacial score (nSPS) is 24.5. The van der Waals surface area contributed by atoms with E-state index in [4.69, 9.17) is 5.41 Å². The summed E-state index contributed by atoms with van der Waals surface area (Å²) in [4.78, 5) is 16.1. The first-order chi connectivity index (χ1) is 14.9. The molecule has 5 rings (SSSR count). The van der Waals surface area contributed by atoms with E-state index in [0.29, 0.717) is 36.7 Å². The molecule has 1 aliphatic heterocycles. The number of hydrogen-bond acceptors (Lipinski definition) is 5. The number of aromatic nitrogens is 1. The van der Waals surface area contributed by atoms with Crippen molar-refractivity contribution < 1.29 is 26.4 Å². The summed E-state index contributed by atoms with van der Waals surface area (Å²) < 4.78 is 64.1. The zero-order valence-electron chi connectivity index (χ0n) is 16.7. The molecular formula is C20H18F3N5O3S. The number of carbonyl (C=O) groups excluding carboxylic acids is 1. The fraction of sp³-hybridized carbons (Fsp3) is 0.350. The number of nitrogens with zero attached hydrogens (tertiary/aromatic N) is 2. The standard InChI is InChI=1S/C20H18F3N5O3S/c1-28-17(24)27-19(18(6-7-18)32(28,30)31)9-11-2-4-13(8-14(11)19)26-16(29)15-5-3-12(10-25-15)20(21,22)23/h2-5,8,10H,6-7,9H2,1H3,(H2,24,27)(H,26,29)/t19-/m1/s1. The number of sulfonamides is 1. The Balaban J connectivity index is 1.43. The molecule has 1 aromatic carbocycles. The van der Waals surface area contributed by atoms with E-state index in [2.05, 4.69) is 15.6 Å². The van der Waals surface area contributed by atoms with Crippen molar-refractivity contribution in [3.8, 4) is 0 Å². The summed E-state index contributed by atoms with van der Waals surface area (Å²) in [5.74, 6) is -0.901. The fourth-order valence-electron chi connectivity index (χ4n) is 4.68. The molecule has 3 aliphatic rings. The van der Waals surface area contributed by atoms with Crippen LogP contribution in [-0.4, -0.2) is 41.4 Å². The monoisotopic (exact) mass is 465 g/mol. The van der Waals surface area contributed by atoms with Crippen molar-refractivity contribution in [3.63, 3.8) is 0 Å². The van der Waals surface area contributed by atoms with Gasteiger partial charge < -0.3 is 10.6 Å². The molecule has 2 spiro atoms. The number of hydrogen-bond donors (Lipinski definition) is 3. The number of carbonyl (C=O) groups is 1. The average molecular weight is 465 g/mol. The molecule has 1 amide bonds. The molecule has 1 saturated heterocycles. The van der Waals surface area contributed by atoms with Crippen LogP contribution in [0.25, 0.3) is 0 Å². The summed E-state index contributed by atoms with van der Waals surface area (Å²) in [7, 11) is -2.37. The maximum Gasteiger partial charge on any atom is 0.417 e. The van der Waals surface area contributed by atoms with Crippen molar-refractivity contribution >= 4 is 27.6 Å². The summed E-state index contributed by atoms with van der Waals surface area (Å²) in [5, 5.41) is 13.8. The largest absolute Gasteiger partial charge is 0.417 e. The maximum atomic E-state index is 13.1. The number of benzene rings is 1. The number of fused-ring (bicyclic) bond motifs is 3. The Kier molecular flexibility index (Phi) is 4.03. The minimum Gasteiger partial charge on any atom is -0.344 e. The van der Waals surface area contributed by atoms with Crippen LogP contribution in [0.3, 0.4) is 0 Å². The van der Waals surface area contributed by atoms with E-state index in [-0.39, 0.29) is 11.7 Å². The molecule has 8 nitrogen and oxygen atoms in total. The van der Waals surface area contributed by atoms with Gasteiger partial charge in [-0.1, -0.05) is 6.07 Å². The summed E-state index contributed by atoms with van der Waals surface area (Å²) in [6, 6.07) is 6.84. The molecule has 1 saturated carbocycles. The summed E-state index contributed by atoms with van der Waals surface area (Å²) in [6.07, 6.45) is -2.59. The Bertz CT molecular complexity index is 1270. The molecule has 0 unspecified atom stereocenters. The molecule has 2 aliphatic carbocycles. The smallest absolute Gasteiger partial charge is 0.344 e. The van der Waals surface area contributed by atoms with Gasteiger partial charge in [0, 0.05) is 25.4 Å². The Morgan fingerprint density at radius 1 is 1.25 bits per heavy atom. The van der Waals surface area contributed by atoms with Crippen LogP contribution in [0.4, 0.5) is 18.9 Å². The third kappa shape index (κ3) is 2.61. The molecule has 168 valence electrons. The van der Waals surface area contributed by atoms with Crippen molar-refractivity contribution in [3.05, 3.63) is 58.9 Å². The summed E-state index contributed by atoms with van der Waals surface area (Å²) in [5.41, 5.74) is -0.135. The van der Waals surface area contributed by atoms with Gasteiger partial charge in [0.15, 0.2) is 0 Å². The molecule has 1 atom stereocenters. The Morgan fingerprint density at radius 2 is 1.97 bits per heavy atom. The number of pyridine rings is 1. The first kappa shape index (κ1) is 20.7. The first-order valence-corrected chi connectivity index (χ1v) is 11.2. The molecule has 2 aromatic rings. The molecule has 12 heteroatoms. The molecule has 0 radical (unpaired) electrons. The molecule has 3 N–H and O–H groups in total. The molecule has 1 aromatic heterocycles. The number of amides is 1. The van der Waals surface area contributed by atoms with Gasteiger partial charge in [0.2, 0.25) is 16.0 Å². The SMILES string of the molecule is CN1C(=N)N[C@@]2(Cc3ccc(NC(=O)c4ccc(C(F)(F)F)cn4)cc32)C2(CC2)S1(=O)=O. The van der Waals surface area contributed by atoms with Crippen LogP contribution in [0.15, 0.2) is 36.5 Å². The number of anilines is 1. The average Bonchev–Trinajstić information content (AvgIpc) is 3.53. The van der Waals surface area contributed by atoms with Crippen molar-refractivity contribution in [1.82, 2.24) is 14.6 Å². The lowest BCUT2D eigenvalue weighted by atomic mass is 9.67. The first-order valence-electron chi connectivity index (χ1n) is 9.75. The number of halogens is 3. The molecule has 2 fully saturated rings. The maximum absolute atomic E-state index is 13.1. The zero-order chi connectivity index (χ0) is 23.1. The van der Waals surface area contributed by atoms with Crippen molar-refractivity contribution in [2.24, 2.45) is 0 Å². The van der Waals surface area contributed by atoms with Crippen LogP contribution < -0.4 is 10.6 Å². The van der Waals surface area contributed by atoms with Gasteiger partial charge in [0.1, 0.15) is 10.4 Å². The Hall–Kier alpha value is -3.15. The predicted molar refractivity (Wildman–Crippen MR) is 109 cm³/mol. The second-order valence-corrected chi connectivity index (χ2v) is 10.6. The van der Waals surface area contributed by atoms with Gasteiger partial charge in [-0.2, -0.15) is 13.2 Å². The third-order valence-electron chi connectivity index (χ3n) is 6.59. The highest BCUT2D eigenvalue weighted by Gasteiger charge is 2.75. The topological polar surface area (TPSA) is 115 Å². The van der Waals surface area contributed by atoms with Crippen molar-refractivity contribution in [2.45, 2.75) is 35.7 Å². The van der Waals surface area contributed by atoms with Gasteiger partial charge in [-0.05, 0) is 48.2 Å². The van der Waals surface area contributed by atoms with E-state index in [9.17, 15) is 26.4 Å². The molecule has 0 bridgehead atoms. The van der Waals surface area contributed by atoms with E-state index < -0.39 is 38.0 Å². The van der Waals surface area contributed by atoms with Crippen LogP contribution in [0.2, 0.25) is 0 Å². The van der Waals surface area contributed by atoms with E-state index in [1.165, 1.54) is 7.05 Å². The molecule has 2 heterocycles. The van der Waals surface area contributed by atoms with Crippen LogP contribution in [-0.2, 0) is 28.2 Å². The quantitative estimate of drug-likeness (QED) is 0.630. The highest BCUT2D eigenvalue weighted by atomic mass is 32.2. The number of rotatable bonds is 2. The van der Waals surface area contributed by atoms with E-state index in [1.807, 2.05) is 0 Å². The second-order valence-electron chi connectivity index (χ2n) is 8.28. The van der Waals surface area contributed by atoms with Gasteiger partial charge in [-0.3, -0.25) is 15.2 Å². The minimum atomic E-state index is -4.55. The lowest BCUT2D eigenvalue weighted by molar-refractivity contribution is -0.137. The fourth-order valence-corrected chi connectivity index (χ4v) is 6.79. The Labute approximate surface area is 181 Å². The number of alkyl halides is 3. The van der Waals surface area contributed by atoms with E-state index in [0.717, 1.165) is 22.0 Å². The highest BCUT2D eigenvalue weighted by Crippen LogP contribution is 2.63. The molecule has 32 heavy (non-hydrogen) atoms. The van der Waals surface area contributed by atoms with Crippen LogP contribution in [0.5, 0.6) is 0 Å². The predicted octanol–water partition coefficient (Wildman–Crippen LogP) is 2.44. The summed E-state index contributed by atoms with van der Waals surface area (Å²) >= 11 is 0. The lowest BCUT2D eigenvalue weighted by Crippen LogP contribution is -2.72. The molecular weight excluding hydrogens is 447 g/mol. The Morgan fingerprint density at radius 3 is 2.56 bits per heavy atom. The van der Waals surface area contributed by atoms with Gasteiger partial charge in [0.25, 0.3) is 5.91 Å². The minimum absolute atomic E-state index is 0.184. The van der Waals surface area contributed by atoms with E-state index in [1.54, 1.807) is 18.2 Å². The van der Waals surface area contributed by atoms with Crippen molar-refractivity contribution in [2.75, 3.05) is 12.4 Å². The van der Waals surface area contributed by atoms with E-state index >= 15 is 0 Å². The van der Waals surface area contributed by atoms with Crippen LogP contribution >= 0.6 is 0 Å². The zero-order valence-corrected chi connectivity index (χ0v) is 17.6. The second kappa shape index (κ2) is 6.21. The van der Waals surface area contributed by atoms with Gasteiger partial charge in [-0.25, -0.2) is 12.7 Å². The van der Waals surface area contributed by atoms with Gasteiger partial charge in [0.05, 0.1) is 11.1 Å². The third-order valence-corrected chi connectivity index (χ3v) is 9.24. The van der Waals surface area contributed by atoms with Crippen molar-refractivity contribution in [1.29, 1.82) is 5.41 Å². The summed E-state index contributed by atoms with van der Waals surface area (Å²) in [6.45, 7) is 0. The van der Waals surface area contributed by atoms with Crippen LogP contribution in [0.1, 0.15) is 40.0 Å². The number of nitrogens with one attached hydrogen (secondary N) is 3. The number of guanidine groups is 1.